The lowest BCUT2D eigenvalue weighted by atomic mass is 10.9. The molecule has 0 spiro atoms. The van der Waals surface area contributed by atoms with Gasteiger partial charge < -0.3 is 4.55 Å². The number of thiol groups is 1. The van der Waals surface area contributed by atoms with Gasteiger partial charge in [-0.05, 0) is 12.7 Å². The fourth-order valence-electron chi connectivity index (χ4n) is 0.442. The summed E-state index contributed by atoms with van der Waals surface area (Å²) in [5, 5.41) is 0. The van der Waals surface area contributed by atoms with E-state index in [9.17, 15) is 8.42 Å². The highest BCUT2D eigenvalue weighted by molar-refractivity contribution is 8.36. The molecule has 0 saturated carbocycles. The van der Waals surface area contributed by atoms with Gasteiger partial charge in [0.25, 0.3) is 9.05 Å². The van der Waals surface area contributed by atoms with E-state index in [0.717, 1.165) is 5.75 Å². The first kappa shape index (κ1) is 18.1. The summed E-state index contributed by atoms with van der Waals surface area (Å²) in [6.45, 7) is 5.40. The fourth-order valence-corrected chi connectivity index (χ4v) is 3.37. The molecule has 0 aliphatic heterocycles. The lowest BCUT2D eigenvalue weighted by molar-refractivity contribution is 0.322. The van der Waals surface area contributed by atoms with Gasteiger partial charge in [0.1, 0.15) is 8.77 Å². The van der Waals surface area contributed by atoms with Crippen molar-refractivity contribution in [1.82, 2.24) is 0 Å². The fraction of sp³-hybridized carbons (Fsp3) is 1.00. The van der Waals surface area contributed by atoms with E-state index in [1.165, 1.54) is 0 Å². The smallest absolute Gasteiger partial charge is 0.266 e. The molecule has 5 nitrogen and oxygen atoms in total. The molecular formula is C6H18O5S4. The molecule has 9 heteroatoms. The van der Waals surface area contributed by atoms with Crippen LogP contribution >= 0.6 is 0 Å². The third-order valence-corrected chi connectivity index (χ3v) is 5.97. The Hall–Kier alpha value is 0.750. The maximum Gasteiger partial charge on any atom is 0.266 e. The molecule has 2 atom stereocenters. The monoisotopic (exact) mass is 298 g/mol. The highest BCUT2D eigenvalue weighted by Gasteiger charge is 1.92. The van der Waals surface area contributed by atoms with Crippen molar-refractivity contribution in [3.63, 3.8) is 0 Å². The van der Waals surface area contributed by atoms with Gasteiger partial charge in [0, 0.05) is 16.9 Å². The number of rotatable bonds is 4. The Morgan fingerprint density at radius 2 is 1.73 bits per heavy atom. The van der Waals surface area contributed by atoms with Crippen LogP contribution in [0.15, 0.2) is 0 Å². The molecule has 0 amide bonds. The minimum atomic E-state index is -3.34. The van der Waals surface area contributed by atoms with Crippen LogP contribution in [0.2, 0.25) is 0 Å². The predicted molar refractivity (Wildman–Crippen MR) is 70.4 cm³/mol. The third kappa shape index (κ3) is 17.4. The molecule has 15 heavy (non-hydrogen) atoms. The topological polar surface area (TPSA) is 83.8 Å². The summed E-state index contributed by atoms with van der Waals surface area (Å²) < 4.78 is 41.7. The van der Waals surface area contributed by atoms with Crippen LogP contribution in [0.3, 0.4) is 0 Å². The molecule has 0 rings (SSSR count). The van der Waals surface area contributed by atoms with Gasteiger partial charge in [0.2, 0.25) is 0 Å². The molecule has 96 valence electrons. The highest BCUT2D eigenvalue weighted by atomic mass is 32.9. The molecular weight excluding hydrogens is 280 g/mol. The van der Waals surface area contributed by atoms with Crippen LogP contribution < -0.4 is 0 Å². The average molecular weight is 298 g/mol. The maximum absolute atomic E-state index is 10.7. The van der Waals surface area contributed by atoms with Crippen molar-refractivity contribution < 1.29 is 21.7 Å². The maximum atomic E-state index is 10.7. The number of hydrogen-bond donors (Lipinski definition) is 3. The lowest BCUT2D eigenvalue weighted by Gasteiger charge is -1.94. The van der Waals surface area contributed by atoms with E-state index in [1.54, 1.807) is 13.8 Å². The van der Waals surface area contributed by atoms with Crippen LogP contribution in [0.4, 0.5) is 0 Å². The molecule has 0 aliphatic carbocycles. The first-order valence-corrected chi connectivity index (χ1v) is 9.96. The first-order valence-electron chi connectivity index (χ1n) is 4.23. The van der Waals surface area contributed by atoms with Gasteiger partial charge in [0.05, 0.1) is 6.61 Å². The molecule has 0 heterocycles. The average Bonchev–Trinajstić information content (AvgIpc) is 2.03. The van der Waals surface area contributed by atoms with E-state index in [-0.39, 0.29) is 6.61 Å². The molecule has 0 aromatic carbocycles. The number of hydrogen-bond acceptors (Lipinski definition) is 4. The van der Waals surface area contributed by atoms with E-state index in [0.29, 0.717) is 16.1 Å². The zero-order valence-electron chi connectivity index (χ0n) is 8.91. The van der Waals surface area contributed by atoms with Crippen LogP contribution in [0.5, 0.6) is 0 Å². The van der Waals surface area contributed by atoms with Crippen LogP contribution in [-0.4, -0.2) is 35.6 Å². The van der Waals surface area contributed by atoms with Gasteiger partial charge in [-0.1, -0.05) is 13.8 Å². The van der Waals surface area contributed by atoms with E-state index in [1.807, 2.05) is 6.92 Å². The minimum absolute atomic E-state index is 0.179. The molecule has 0 aromatic heterocycles. The Morgan fingerprint density at radius 3 is 1.80 bits per heavy atom. The predicted octanol–water partition coefficient (Wildman–Crippen LogP) is 0.671. The largest absolute Gasteiger partial charge is 0.309 e. The normalized spacial score (nSPS) is 18.2. The zero-order valence-corrected chi connectivity index (χ0v) is 12.3. The van der Waals surface area contributed by atoms with Crippen LogP contribution in [0.1, 0.15) is 20.8 Å². The lowest BCUT2D eigenvalue weighted by Crippen LogP contribution is -2.01. The van der Waals surface area contributed by atoms with Gasteiger partial charge in [-0.15, -0.1) is 10.3 Å². The summed E-state index contributed by atoms with van der Waals surface area (Å²) in [4.78, 5) is 0. The van der Waals surface area contributed by atoms with Gasteiger partial charge >= 0.3 is 0 Å². The minimum Gasteiger partial charge on any atom is -0.309 e. The van der Waals surface area contributed by atoms with Crippen molar-refractivity contribution in [2.24, 2.45) is 0 Å². The summed E-state index contributed by atoms with van der Waals surface area (Å²) >= 11 is 3.95. The molecule has 0 fully saturated rings. The Balaban J connectivity index is 0. The van der Waals surface area contributed by atoms with E-state index in [2.05, 4.69) is 15.4 Å². The van der Waals surface area contributed by atoms with Gasteiger partial charge in [0.15, 0.2) is 0 Å². The summed E-state index contributed by atoms with van der Waals surface area (Å²) in [7, 11) is -5.12. The molecule has 2 unspecified atom stereocenters. The molecule has 0 aromatic rings. The van der Waals surface area contributed by atoms with Gasteiger partial charge in [-0.25, -0.2) is 4.21 Å². The molecule has 0 saturated heterocycles. The van der Waals surface area contributed by atoms with Crippen molar-refractivity contribution in [2.45, 2.75) is 20.8 Å². The molecule has 0 radical (unpaired) electrons. The van der Waals surface area contributed by atoms with E-state index < -0.39 is 17.8 Å². The van der Waals surface area contributed by atoms with Crippen LogP contribution in [0.25, 0.3) is 0 Å². The second-order valence-electron chi connectivity index (χ2n) is 2.18. The van der Waals surface area contributed by atoms with Crippen molar-refractivity contribution >= 4 is 39.3 Å². The highest BCUT2D eigenvalue weighted by Crippen LogP contribution is 1.84. The Bertz CT molecular complexity index is 352. The summed E-state index contributed by atoms with van der Waals surface area (Å²) in [5.41, 5.74) is 0. The second-order valence-corrected chi connectivity index (χ2v) is 9.70. The molecule has 0 bridgehead atoms. The van der Waals surface area contributed by atoms with Gasteiger partial charge in [-0.3, -0.25) is 8.74 Å². The Labute approximate surface area is 99.8 Å². The Kier molecular flexibility index (Phi) is 10.7. The van der Waals surface area contributed by atoms with Crippen LogP contribution in [-0.2, 0) is 43.5 Å². The third-order valence-electron chi connectivity index (χ3n) is 0.974. The van der Waals surface area contributed by atoms with Crippen molar-refractivity contribution in [2.75, 3.05) is 18.1 Å². The van der Waals surface area contributed by atoms with Gasteiger partial charge in [-0.2, -0.15) is 4.21 Å². The SMILES string of the molecule is CCOS(=O)(O)=S.CC[SH]=S(=O)(O)CC. The Morgan fingerprint density at radius 1 is 1.27 bits per heavy atom. The standard InChI is InChI=1S/C4H12O2S2.C2H6O3S2/c1-3-7-8(5,6)4-2;1-2-5-7(3,4)6/h7H,3-4H2,1-2H3,(H,5,6);2H2,1H3,(H,3,4,6). The molecule has 2 N–H and O–H groups in total. The van der Waals surface area contributed by atoms with E-state index in [4.69, 9.17) is 9.11 Å². The van der Waals surface area contributed by atoms with Crippen molar-refractivity contribution in [3.05, 3.63) is 0 Å². The van der Waals surface area contributed by atoms with Crippen LogP contribution in [0, 0.1) is 0 Å². The van der Waals surface area contributed by atoms with E-state index >= 15 is 0 Å². The quantitative estimate of drug-likeness (QED) is 0.662. The summed E-state index contributed by atoms with van der Waals surface area (Å²) in [6.07, 6.45) is 0. The first-order chi connectivity index (χ1) is 6.68. The second kappa shape index (κ2) is 8.85. The summed E-state index contributed by atoms with van der Waals surface area (Å²) in [6, 6.07) is 0. The molecule has 0 aliphatic rings. The zero-order chi connectivity index (χ0) is 12.5. The van der Waals surface area contributed by atoms with Crippen molar-refractivity contribution in [3.8, 4) is 0 Å². The van der Waals surface area contributed by atoms with Crippen molar-refractivity contribution in [1.29, 1.82) is 0 Å². The summed E-state index contributed by atoms with van der Waals surface area (Å²) in [5.74, 6) is 1.14.